The molecule has 0 unspecified atom stereocenters. The number of carbonyl (C=O) groups is 2. The highest BCUT2D eigenvalue weighted by atomic mass is 19.4. The summed E-state index contributed by atoms with van der Waals surface area (Å²) in [4.78, 5) is 25.8. The molecule has 0 spiro atoms. The monoisotopic (exact) mass is 394 g/mol. The van der Waals surface area contributed by atoms with E-state index >= 15 is 0 Å². The number of amides is 2. The molecule has 28 heavy (non-hydrogen) atoms. The number of rotatable bonds is 7. The van der Waals surface area contributed by atoms with Crippen LogP contribution in [0.5, 0.6) is 5.75 Å². The smallest absolute Gasteiger partial charge is 0.416 e. The molecule has 0 aliphatic rings. The molecule has 1 N–H and O–H groups in total. The Morgan fingerprint density at radius 1 is 1.04 bits per heavy atom. The van der Waals surface area contributed by atoms with E-state index in [1.165, 1.54) is 12.1 Å². The van der Waals surface area contributed by atoms with Crippen molar-refractivity contribution in [3.05, 3.63) is 59.7 Å². The fourth-order valence-electron chi connectivity index (χ4n) is 2.51. The number of nitrogens with zero attached hydrogens (tertiary/aromatic N) is 1. The molecule has 2 rings (SSSR count). The molecule has 0 saturated heterocycles. The Kier molecular flexibility index (Phi) is 7.03. The van der Waals surface area contributed by atoms with Crippen molar-refractivity contribution >= 4 is 17.5 Å². The van der Waals surface area contributed by atoms with Crippen molar-refractivity contribution in [1.29, 1.82) is 0 Å². The summed E-state index contributed by atoms with van der Waals surface area (Å²) in [7, 11) is 0. The number of benzene rings is 2. The Morgan fingerprint density at radius 2 is 1.68 bits per heavy atom. The molecule has 0 aromatic heterocycles. The van der Waals surface area contributed by atoms with Crippen LogP contribution in [0.3, 0.4) is 0 Å². The lowest BCUT2D eigenvalue weighted by molar-refractivity contribution is -0.137. The lowest BCUT2D eigenvalue weighted by Gasteiger charge is -2.18. The third-order valence-corrected chi connectivity index (χ3v) is 4.00. The van der Waals surface area contributed by atoms with Gasteiger partial charge in [0.15, 0.2) is 6.61 Å². The summed E-state index contributed by atoms with van der Waals surface area (Å²) in [5.41, 5.74) is -0.312. The SMILES string of the molecule is CCN(CC)C(=O)c1ccc(OCC(=O)Nc2cccc(C(F)(F)F)c2)cc1. The number of ether oxygens (including phenoxy) is 1. The standard InChI is InChI=1S/C20H21F3N2O3/c1-3-25(4-2)19(27)14-8-10-17(11-9-14)28-13-18(26)24-16-7-5-6-15(12-16)20(21,22)23/h5-12H,3-4,13H2,1-2H3,(H,24,26). The van der Waals surface area contributed by atoms with Gasteiger partial charge in [-0.3, -0.25) is 9.59 Å². The van der Waals surface area contributed by atoms with E-state index in [2.05, 4.69) is 5.32 Å². The Balaban J connectivity index is 1.92. The number of halogens is 3. The van der Waals surface area contributed by atoms with Gasteiger partial charge in [-0.15, -0.1) is 0 Å². The molecule has 2 amide bonds. The van der Waals surface area contributed by atoms with Crippen molar-refractivity contribution in [3.8, 4) is 5.75 Å². The lowest BCUT2D eigenvalue weighted by Crippen LogP contribution is -2.30. The highest BCUT2D eigenvalue weighted by Gasteiger charge is 2.30. The summed E-state index contributed by atoms with van der Waals surface area (Å²) in [5, 5.41) is 2.36. The topological polar surface area (TPSA) is 58.6 Å². The summed E-state index contributed by atoms with van der Waals surface area (Å²) < 4.78 is 43.4. The van der Waals surface area contributed by atoms with E-state index in [0.29, 0.717) is 24.4 Å². The molecule has 0 radical (unpaired) electrons. The summed E-state index contributed by atoms with van der Waals surface area (Å²) in [6, 6.07) is 10.7. The number of nitrogens with one attached hydrogen (secondary N) is 1. The zero-order valence-corrected chi connectivity index (χ0v) is 15.5. The maximum Gasteiger partial charge on any atom is 0.416 e. The maximum atomic E-state index is 12.7. The zero-order valence-electron chi connectivity index (χ0n) is 15.5. The number of alkyl halides is 3. The second-order valence-corrected chi connectivity index (χ2v) is 5.92. The molecule has 0 atom stereocenters. The first-order valence-corrected chi connectivity index (χ1v) is 8.73. The molecular formula is C20H21F3N2O3. The minimum Gasteiger partial charge on any atom is -0.484 e. The number of carbonyl (C=O) groups excluding carboxylic acids is 2. The fourth-order valence-corrected chi connectivity index (χ4v) is 2.51. The van der Waals surface area contributed by atoms with Crippen molar-refractivity contribution in [2.24, 2.45) is 0 Å². The minimum atomic E-state index is -4.48. The van der Waals surface area contributed by atoms with Gasteiger partial charge in [-0.2, -0.15) is 13.2 Å². The zero-order chi connectivity index (χ0) is 20.7. The third kappa shape index (κ3) is 5.73. The van der Waals surface area contributed by atoms with Gasteiger partial charge in [0, 0.05) is 24.3 Å². The van der Waals surface area contributed by atoms with Gasteiger partial charge in [-0.25, -0.2) is 0 Å². The van der Waals surface area contributed by atoms with E-state index in [9.17, 15) is 22.8 Å². The van der Waals surface area contributed by atoms with Crippen molar-refractivity contribution in [2.75, 3.05) is 25.0 Å². The summed E-state index contributed by atoms with van der Waals surface area (Å²) in [6.07, 6.45) is -4.48. The Hall–Kier alpha value is -3.03. The van der Waals surface area contributed by atoms with Gasteiger partial charge >= 0.3 is 6.18 Å². The van der Waals surface area contributed by atoms with Crippen LogP contribution < -0.4 is 10.1 Å². The van der Waals surface area contributed by atoms with E-state index in [1.54, 1.807) is 29.2 Å². The summed E-state index contributed by atoms with van der Waals surface area (Å²) in [5.74, 6) is -0.322. The van der Waals surface area contributed by atoms with Gasteiger partial charge in [0.2, 0.25) is 0 Å². The van der Waals surface area contributed by atoms with Crippen molar-refractivity contribution in [2.45, 2.75) is 20.0 Å². The highest BCUT2D eigenvalue weighted by Crippen LogP contribution is 2.30. The third-order valence-electron chi connectivity index (χ3n) is 4.00. The number of hydrogen-bond donors (Lipinski definition) is 1. The molecular weight excluding hydrogens is 373 g/mol. The number of hydrogen-bond acceptors (Lipinski definition) is 3. The normalized spacial score (nSPS) is 11.0. The molecule has 0 aliphatic heterocycles. The Morgan fingerprint density at radius 3 is 2.25 bits per heavy atom. The molecule has 0 saturated carbocycles. The Labute approximate surface area is 161 Å². The van der Waals surface area contributed by atoms with Crippen molar-refractivity contribution < 1.29 is 27.5 Å². The van der Waals surface area contributed by atoms with E-state index in [-0.39, 0.29) is 18.2 Å². The van der Waals surface area contributed by atoms with Gasteiger partial charge < -0.3 is 15.0 Å². The van der Waals surface area contributed by atoms with Crippen LogP contribution in [0.15, 0.2) is 48.5 Å². The second kappa shape index (κ2) is 9.25. The van der Waals surface area contributed by atoms with Gasteiger partial charge in [-0.1, -0.05) is 6.07 Å². The lowest BCUT2D eigenvalue weighted by atomic mass is 10.2. The molecule has 150 valence electrons. The van der Waals surface area contributed by atoms with E-state index in [1.807, 2.05) is 13.8 Å². The first-order valence-electron chi connectivity index (χ1n) is 8.73. The van der Waals surface area contributed by atoms with E-state index in [0.717, 1.165) is 12.1 Å². The van der Waals surface area contributed by atoms with Crippen molar-refractivity contribution in [1.82, 2.24) is 4.90 Å². The van der Waals surface area contributed by atoms with Gasteiger partial charge in [0.05, 0.1) is 5.56 Å². The van der Waals surface area contributed by atoms with Gasteiger partial charge in [-0.05, 0) is 56.3 Å². The van der Waals surface area contributed by atoms with Crippen LogP contribution in [0, 0.1) is 0 Å². The predicted octanol–water partition coefficient (Wildman–Crippen LogP) is 4.20. The number of anilines is 1. The van der Waals surface area contributed by atoms with Gasteiger partial charge in [0.1, 0.15) is 5.75 Å². The van der Waals surface area contributed by atoms with Crippen LogP contribution in [0.1, 0.15) is 29.8 Å². The molecule has 2 aromatic carbocycles. The highest BCUT2D eigenvalue weighted by molar-refractivity contribution is 5.94. The average Bonchev–Trinajstić information content (AvgIpc) is 2.67. The molecule has 0 heterocycles. The molecule has 0 aliphatic carbocycles. The van der Waals surface area contributed by atoms with Crippen LogP contribution in [-0.4, -0.2) is 36.4 Å². The van der Waals surface area contributed by atoms with Crippen LogP contribution in [0.4, 0.5) is 18.9 Å². The maximum absolute atomic E-state index is 12.7. The van der Waals surface area contributed by atoms with Crippen LogP contribution in [0.25, 0.3) is 0 Å². The summed E-state index contributed by atoms with van der Waals surface area (Å²) in [6.45, 7) is 4.61. The van der Waals surface area contributed by atoms with Crippen LogP contribution in [0.2, 0.25) is 0 Å². The van der Waals surface area contributed by atoms with Crippen LogP contribution >= 0.6 is 0 Å². The Bertz CT molecular complexity index is 816. The largest absolute Gasteiger partial charge is 0.484 e. The van der Waals surface area contributed by atoms with Crippen molar-refractivity contribution in [3.63, 3.8) is 0 Å². The van der Waals surface area contributed by atoms with Gasteiger partial charge in [0.25, 0.3) is 11.8 Å². The molecule has 0 fully saturated rings. The first-order chi connectivity index (χ1) is 13.2. The summed E-state index contributed by atoms with van der Waals surface area (Å²) >= 11 is 0. The second-order valence-electron chi connectivity index (χ2n) is 5.92. The predicted molar refractivity (Wildman–Crippen MR) is 99.3 cm³/mol. The molecule has 2 aromatic rings. The quantitative estimate of drug-likeness (QED) is 0.766. The van der Waals surface area contributed by atoms with E-state index in [4.69, 9.17) is 4.74 Å². The average molecular weight is 394 g/mol. The molecule has 0 bridgehead atoms. The fraction of sp³-hybridized carbons (Fsp3) is 0.300. The van der Waals surface area contributed by atoms with E-state index < -0.39 is 17.6 Å². The molecule has 5 nitrogen and oxygen atoms in total. The minimum absolute atomic E-state index is 0.0311. The first kappa shape index (κ1) is 21.3. The van der Waals surface area contributed by atoms with Crippen LogP contribution in [-0.2, 0) is 11.0 Å². The molecule has 8 heteroatoms.